The van der Waals surface area contributed by atoms with Crippen molar-refractivity contribution in [3.8, 4) is 67.9 Å². The van der Waals surface area contributed by atoms with E-state index in [1.54, 1.807) is 0 Å². The van der Waals surface area contributed by atoms with Crippen molar-refractivity contribution in [3.05, 3.63) is 169 Å². The zero-order chi connectivity index (χ0) is 34.8. The lowest BCUT2D eigenvalue weighted by Crippen LogP contribution is -2.14. The van der Waals surface area contributed by atoms with Crippen molar-refractivity contribution in [2.45, 2.75) is 19.3 Å². The van der Waals surface area contributed by atoms with Crippen LogP contribution in [0, 0.1) is 0 Å². The largest absolute Gasteiger partial charge is 0.435 e. The fraction of sp³-hybridized carbons (Fsp3) is 0.0638. The van der Waals surface area contributed by atoms with Gasteiger partial charge in [-0.15, -0.1) is 0 Å². The summed E-state index contributed by atoms with van der Waals surface area (Å²) in [7, 11) is 0. The molecule has 2 aromatic heterocycles. The lowest BCUT2D eigenvalue weighted by Gasteiger charge is -2.21. The van der Waals surface area contributed by atoms with E-state index in [0.29, 0.717) is 23.4 Å². The van der Waals surface area contributed by atoms with Gasteiger partial charge in [-0.2, -0.15) is 0 Å². The van der Waals surface area contributed by atoms with Gasteiger partial charge in [-0.25, -0.2) is 19.9 Å². The van der Waals surface area contributed by atoms with Gasteiger partial charge in [0, 0.05) is 33.1 Å². The van der Waals surface area contributed by atoms with E-state index in [4.69, 9.17) is 24.4 Å². The summed E-state index contributed by atoms with van der Waals surface area (Å²) in [5, 5.41) is 2.22. The number of hydrogen-bond acceptors (Lipinski definition) is 5. The summed E-state index contributed by atoms with van der Waals surface area (Å²) in [6.07, 6.45) is 0. The second-order valence-corrected chi connectivity index (χ2v) is 13.9. The average molecular weight is 669 g/mol. The van der Waals surface area contributed by atoms with Crippen LogP contribution in [0.25, 0.3) is 89.7 Å². The number of rotatable bonds is 5. The topological polar surface area (TPSA) is 64.7 Å². The molecule has 0 spiro atoms. The predicted molar refractivity (Wildman–Crippen MR) is 210 cm³/mol. The molecular weight excluding hydrogens is 637 g/mol. The Balaban J connectivity index is 1.16. The fourth-order valence-electron chi connectivity index (χ4n) is 7.76. The normalized spacial score (nSPS) is 13.0. The molecule has 0 amide bonds. The molecule has 0 unspecified atom stereocenters. The van der Waals surface area contributed by atoms with E-state index >= 15 is 0 Å². The van der Waals surface area contributed by atoms with E-state index in [-0.39, 0.29) is 5.41 Å². The third-order valence-electron chi connectivity index (χ3n) is 10.4. The molecule has 0 saturated carbocycles. The first-order valence-corrected chi connectivity index (χ1v) is 17.6. The van der Waals surface area contributed by atoms with Crippen molar-refractivity contribution >= 4 is 21.9 Å². The van der Waals surface area contributed by atoms with Gasteiger partial charge in [0.2, 0.25) is 5.89 Å². The molecule has 5 heteroatoms. The highest BCUT2D eigenvalue weighted by atomic mass is 16.3. The second-order valence-electron chi connectivity index (χ2n) is 13.9. The monoisotopic (exact) mass is 668 g/mol. The lowest BCUT2D eigenvalue weighted by molar-refractivity contribution is 0.623. The summed E-state index contributed by atoms with van der Waals surface area (Å²) in [6, 6.07) is 54.3. The van der Waals surface area contributed by atoms with Crippen LogP contribution >= 0.6 is 0 Å². The van der Waals surface area contributed by atoms with Crippen molar-refractivity contribution in [3.63, 3.8) is 0 Å². The highest BCUT2D eigenvalue weighted by Gasteiger charge is 2.37. The third kappa shape index (κ3) is 4.78. The van der Waals surface area contributed by atoms with Crippen LogP contribution in [-0.2, 0) is 5.41 Å². The van der Waals surface area contributed by atoms with Crippen LogP contribution in [0.5, 0.6) is 0 Å². The average Bonchev–Trinajstić information content (AvgIpc) is 3.75. The molecule has 1 aliphatic carbocycles. The summed E-state index contributed by atoms with van der Waals surface area (Å²) in [5.41, 5.74) is 12.5. The van der Waals surface area contributed by atoms with E-state index in [0.717, 1.165) is 55.3 Å². The first-order chi connectivity index (χ1) is 25.5. The molecule has 0 fully saturated rings. The predicted octanol–water partition coefficient (Wildman–Crippen LogP) is 11.8. The SMILES string of the molecule is CC1(C)c2ccccc2-c2c1ccc1c(-c3ccc(-c4nc(-c5ccccc5)nc(-c5ccccc5)n4)cc3)cc3nc(-c4ccccc4)oc3c21. The summed E-state index contributed by atoms with van der Waals surface area (Å²) in [4.78, 5) is 19.9. The van der Waals surface area contributed by atoms with Crippen molar-refractivity contribution in [2.75, 3.05) is 0 Å². The summed E-state index contributed by atoms with van der Waals surface area (Å²) >= 11 is 0. The summed E-state index contributed by atoms with van der Waals surface area (Å²) in [5.74, 6) is 2.52. The van der Waals surface area contributed by atoms with Crippen molar-refractivity contribution in [2.24, 2.45) is 0 Å². The number of benzene rings is 7. The standard InChI is InChI=1S/C47H32N4O/c1-47(2)37-21-13-12-20-35(37)40-38(47)27-26-34-36(28-39-42(41(34)40)52-46(48-39)33-18-10-5-11-19-33)29-22-24-32(25-23-29)45-50-43(30-14-6-3-7-15-30)49-44(51-45)31-16-8-4-9-17-31/h3-28H,1-2H3. The molecule has 52 heavy (non-hydrogen) atoms. The van der Waals surface area contributed by atoms with Crippen LogP contribution in [0.4, 0.5) is 0 Å². The van der Waals surface area contributed by atoms with Crippen LogP contribution in [0.2, 0.25) is 0 Å². The molecule has 9 aromatic rings. The van der Waals surface area contributed by atoms with E-state index in [1.807, 2.05) is 91.0 Å². The fourth-order valence-corrected chi connectivity index (χ4v) is 7.76. The molecule has 0 saturated heterocycles. The quantitative estimate of drug-likeness (QED) is 0.183. The summed E-state index contributed by atoms with van der Waals surface area (Å²) in [6.45, 7) is 4.62. The highest BCUT2D eigenvalue weighted by Crippen LogP contribution is 2.53. The first kappa shape index (κ1) is 30.1. The molecule has 1 aliphatic rings. The van der Waals surface area contributed by atoms with Gasteiger partial charge in [0.15, 0.2) is 23.1 Å². The Morgan fingerprint density at radius 1 is 0.442 bits per heavy atom. The number of oxazole rings is 1. The van der Waals surface area contributed by atoms with Crippen LogP contribution in [0.1, 0.15) is 25.0 Å². The van der Waals surface area contributed by atoms with E-state index in [2.05, 4.69) is 80.6 Å². The Bertz CT molecular complexity index is 2730. The van der Waals surface area contributed by atoms with Gasteiger partial charge in [-0.05, 0) is 57.0 Å². The van der Waals surface area contributed by atoms with Crippen LogP contribution in [0.3, 0.4) is 0 Å². The molecule has 246 valence electrons. The van der Waals surface area contributed by atoms with Crippen molar-refractivity contribution in [1.29, 1.82) is 0 Å². The van der Waals surface area contributed by atoms with E-state index in [1.165, 1.54) is 22.3 Å². The maximum atomic E-state index is 6.71. The van der Waals surface area contributed by atoms with Crippen LogP contribution in [-0.4, -0.2) is 19.9 Å². The maximum absolute atomic E-state index is 6.71. The number of nitrogens with zero attached hydrogens (tertiary/aromatic N) is 4. The molecule has 0 N–H and O–H groups in total. The smallest absolute Gasteiger partial charge is 0.227 e. The molecular formula is C47H32N4O. The van der Waals surface area contributed by atoms with Crippen LogP contribution < -0.4 is 0 Å². The molecule has 2 heterocycles. The number of hydrogen-bond donors (Lipinski definition) is 0. The van der Waals surface area contributed by atoms with Gasteiger partial charge < -0.3 is 4.42 Å². The number of fused-ring (bicyclic) bond motifs is 7. The molecule has 0 atom stereocenters. The Morgan fingerprint density at radius 3 is 1.58 bits per heavy atom. The Labute approximate surface area is 301 Å². The van der Waals surface area contributed by atoms with Gasteiger partial charge in [0.1, 0.15) is 5.52 Å². The molecule has 5 nitrogen and oxygen atoms in total. The van der Waals surface area contributed by atoms with Gasteiger partial charge >= 0.3 is 0 Å². The van der Waals surface area contributed by atoms with Gasteiger partial charge in [0.05, 0.1) is 0 Å². The Hall–Kier alpha value is -6.72. The van der Waals surface area contributed by atoms with E-state index in [9.17, 15) is 0 Å². The first-order valence-electron chi connectivity index (χ1n) is 17.6. The van der Waals surface area contributed by atoms with E-state index < -0.39 is 0 Å². The maximum Gasteiger partial charge on any atom is 0.227 e. The van der Waals surface area contributed by atoms with Crippen molar-refractivity contribution in [1.82, 2.24) is 19.9 Å². The van der Waals surface area contributed by atoms with Gasteiger partial charge in [-0.1, -0.05) is 153 Å². The molecule has 10 rings (SSSR count). The highest BCUT2D eigenvalue weighted by molar-refractivity contribution is 6.18. The zero-order valence-corrected chi connectivity index (χ0v) is 28.7. The molecule has 0 bridgehead atoms. The minimum atomic E-state index is -0.145. The molecule has 0 radical (unpaired) electrons. The zero-order valence-electron chi connectivity index (χ0n) is 28.7. The Morgan fingerprint density at radius 2 is 0.962 bits per heavy atom. The number of aromatic nitrogens is 4. The summed E-state index contributed by atoms with van der Waals surface area (Å²) < 4.78 is 6.71. The minimum Gasteiger partial charge on any atom is -0.435 e. The lowest BCUT2D eigenvalue weighted by atomic mass is 9.81. The molecule has 7 aromatic carbocycles. The third-order valence-corrected chi connectivity index (χ3v) is 10.4. The van der Waals surface area contributed by atoms with Gasteiger partial charge in [-0.3, -0.25) is 0 Å². The Kier molecular flexibility index (Phi) is 6.77. The minimum absolute atomic E-state index is 0.145. The second kappa shape index (κ2) is 11.7. The van der Waals surface area contributed by atoms with Gasteiger partial charge in [0.25, 0.3) is 0 Å². The molecule has 0 aliphatic heterocycles. The van der Waals surface area contributed by atoms with Crippen molar-refractivity contribution < 1.29 is 4.42 Å². The van der Waals surface area contributed by atoms with Crippen LogP contribution in [0.15, 0.2) is 162 Å².